The number of halogens is 4. The Labute approximate surface area is 102 Å². The van der Waals surface area contributed by atoms with Gasteiger partial charge in [0.25, 0.3) is 0 Å². The summed E-state index contributed by atoms with van der Waals surface area (Å²) in [7, 11) is 0. The van der Waals surface area contributed by atoms with Crippen LogP contribution in [0.1, 0.15) is 18.4 Å². The van der Waals surface area contributed by atoms with Crippen LogP contribution in [0.2, 0.25) is 5.02 Å². The summed E-state index contributed by atoms with van der Waals surface area (Å²) in [5, 5.41) is 0.386. The minimum absolute atomic E-state index is 0.215. The highest BCUT2D eigenvalue weighted by molar-refractivity contribution is 6.30. The third kappa shape index (κ3) is 3.36. The number of benzene rings is 1. The van der Waals surface area contributed by atoms with Crippen LogP contribution in [0.3, 0.4) is 0 Å². The van der Waals surface area contributed by atoms with Crippen LogP contribution in [-0.2, 0) is 4.79 Å². The molecule has 0 unspecified atom stereocenters. The van der Waals surface area contributed by atoms with Crippen LogP contribution in [0.25, 0.3) is 0 Å². The number of amides is 1. The van der Waals surface area contributed by atoms with Gasteiger partial charge in [-0.15, -0.1) is 0 Å². The molecule has 2 atom stereocenters. The van der Waals surface area contributed by atoms with Crippen LogP contribution < -0.4 is 5.73 Å². The Bertz CT molecular complexity index is 402. The molecule has 2 N–H and O–H groups in total. The first-order valence-corrected chi connectivity index (χ1v) is 5.22. The number of rotatable bonds is 3. The lowest BCUT2D eigenvalue weighted by molar-refractivity contribution is -0.178. The minimum Gasteiger partial charge on any atom is -0.369 e. The second-order valence-corrected chi connectivity index (χ2v) is 4.20. The summed E-state index contributed by atoms with van der Waals surface area (Å²) in [6, 6.07) is 5.60. The Morgan fingerprint density at radius 1 is 1.29 bits per heavy atom. The topological polar surface area (TPSA) is 43.1 Å². The van der Waals surface area contributed by atoms with E-state index in [0.717, 1.165) is 6.92 Å². The molecule has 0 spiro atoms. The van der Waals surface area contributed by atoms with Crippen LogP contribution >= 0.6 is 11.6 Å². The molecule has 1 rings (SSSR count). The van der Waals surface area contributed by atoms with Crippen molar-refractivity contribution in [3.8, 4) is 0 Å². The molecule has 1 aromatic carbocycles. The zero-order valence-electron chi connectivity index (χ0n) is 8.96. The van der Waals surface area contributed by atoms with Gasteiger partial charge in [0.05, 0.1) is 11.8 Å². The van der Waals surface area contributed by atoms with E-state index >= 15 is 0 Å². The molecule has 17 heavy (non-hydrogen) atoms. The van der Waals surface area contributed by atoms with Gasteiger partial charge in [0.15, 0.2) is 0 Å². The Kier molecular flexibility index (Phi) is 4.03. The molecule has 0 aromatic heterocycles. The van der Waals surface area contributed by atoms with Crippen LogP contribution in [0.5, 0.6) is 0 Å². The van der Waals surface area contributed by atoms with Crippen molar-refractivity contribution in [2.24, 2.45) is 11.7 Å². The van der Waals surface area contributed by atoms with Gasteiger partial charge in [-0.25, -0.2) is 0 Å². The number of carbonyl (C=O) groups excluding carboxylic acids is 1. The molecule has 1 aromatic rings. The van der Waals surface area contributed by atoms with Crippen molar-refractivity contribution in [1.29, 1.82) is 0 Å². The summed E-state index contributed by atoms with van der Waals surface area (Å²) in [4.78, 5) is 11.2. The summed E-state index contributed by atoms with van der Waals surface area (Å²) < 4.78 is 37.8. The van der Waals surface area contributed by atoms with Crippen molar-refractivity contribution < 1.29 is 18.0 Å². The molecule has 0 saturated carbocycles. The molecule has 2 nitrogen and oxygen atoms in total. The van der Waals surface area contributed by atoms with Gasteiger partial charge in [-0.05, 0) is 17.7 Å². The smallest absolute Gasteiger partial charge is 0.369 e. The van der Waals surface area contributed by atoms with Gasteiger partial charge in [-0.2, -0.15) is 13.2 Å². The first-order valence-electron chi connectivity index (χ1n) is 4.85. The van der Waals surface area contributed by atoms with Crippen molar-refractivity contribution in [1.82, 2.24) is 0 Å². The maximum Gasteiger partial charge on any atom is 0.392 e. The van der Waals surface area contributed by atoms with E-state index in [2.05, 4.69) is 0 Å². The van der Waals surface area contributed by atoms with Crippen LogP contribution in [0, 0.1) is 5.92 Å². The van der Waals surface area contributed by atoms with E-state index in [1.165, 1.54) is 24.3 Å². The summed E-state index contributed by atoms with van der Waals surface area (Å²) in [5.74, 6) is -4.23. The van der Waals surface area contributed by atoms with Crippen LogP contribution in [0.4, 0.5) is 13.2 Å². The predicted octanol–water partition coefficient (Wildman–Crippen LogP) is 3.11. The molecule has 94 valence electrons. The quantitative estimate of drug-likeness (QED) is 0.897. The fourth-order valence-corrected chi connectivity index (χ4v) is 1.68. The van der Waals surface area contributed by atoms with Gasteiger partial charge < -0.3 is 5.73 Å². The third-order valence-electron chi connectivity index (χ3n) is 2.55. The van der Waals surface area contributed by atoms with E-state index in [4.69, 9.17) is 17.3 Å². The first-order chi connectivity index (χ1) is 7.73. The van der Waals surface area contributed by atoms with Gasteiger partial charge in [0, 0.05) is 5.02 Å². The van der Waals surface area contributed by atoms with Crippen molar-refractivity contribution in [2.75, 3.05) is 0 Å². The lowest BCUT2D eigenvalue weighted by Gasteiger charge is -2.23. The summed E-state index contributed by atoms with van der Waals surface area (Å²) in [5.41, 5.74) is 5.25. The van der Waals surface area contributed by atoms with Crippen molar-refractivity contribution >= 4 is 17.5 Å². The van der Waals surface area contributed by atoms with E-state index < -0.39 is 23.9 Å². The Balaban J connectivity index is 3.10. The Morgan fingerprint density at radius 2 is 1.76 bits per heavy atom. The van der Waals surface area contributed by atoms with Gasteiger partial charge in [-0.3, -0.25) is 4.79 Å². The van der Waals surface area contributed by atoms with Gasteiger partial charge >= 0.3 is 6.18 Å². The highest BCUT2D eigenvalue weighted by Crippen LogP contribution is 2.37. The predicted molar refractivity (Wildman–Crippen MR) is 58.6 cm³/mol. The van der Waals surface area contributed by atoms with E-state index in [1.807, 2.05) is 0 Å². The fraction of sp³-hybridized carbons (Fsp3) is 0.364. The molecule has 0 aliphatic carbocycles. The van der Waals surface area contributed by atoms with E-state index in [-0.39, 0.29) is 5.56 Å². The van der Waals surface area contributed by atoms with E-state index in [1.54, 1.807) is 0 Å². The lowest BCUT2D eigenvalue weighted by atomic mass is 9.86. The average molecular weight is 266 g/mol. The number of primary amides is 1. The van der Waals surface area contributed by atoms with Gasteiger partial charge in [-0.1, -0.05) is 30.7 Å². The lowest BCUT2D eigenvalue weighted by Crippen LogP contribution is -2.34. The molecule has 0 fully saturated rings. The van der Waals surface area contributed by atoms with E-state index in [0.29, 0.717) is 5.02 Å². The maximum absolute atomic E-state index is 12.6. The average Bonchev–Trinajstić information content (AvgIpc) is 2.19. The minimum atomic E-state index is -4.47. The largest absolute Gasteiger partial charge is 0.392 e. The highest BCUT2D eigenvalue weighted by Gasteiger charge is 2.44. The fourth-order valence-electron chi connectivity index (χ4n) is 1.56. The van der Waals surface area contributed by atoms with Gasteiger partial charge in [0.2, 0.25) is 5.91 Å². The molecule has 0 saturated heterocycles. The third-order valence-corrected chi connectivity index (χ3v) is 2.80. The number of carbonyl (C=O) groups is 1. The standard InChI is InChI=1S/C11H11ClF3NO/c1-6(11(13,14)15)9(10(16)17)7-2-4-8(12)5-3-7/h2-6,9H,1H3,(H2,16,17)/t6-,9+/m1/s1. The molecular formula is C11H11ClF3NO. The molecule has 0 heterocycles. The zero-order chi connectivity index (χ0) is 13.2. The van der Waals surface area contributed by atoms with Crippen LogP contribution in [0.15, 0.2) is 24.3 Å². The summed E-state index contributed by atoms with van der Waals surface area (Å²) >= 11 is 5.63. The second kappa shape index (κ2) is 4.96. The van der Waals surface area contributed by atoms with Crippen molar-refractivity contribution in [3.63, 3.8) is 0 Å². The van der Waals surface area contributed by atoms with Crippen molar-refractivity contribution in [2.45, 2.75) is 19.0 Å². The van der Waals surface area contributed by atoms with Crippen LogP contribution in [-0.4, -0.2) is 12.1 Å². The van der Waals surface area contributed by atoms with Gasteiger partial charge in [0.1, 0.15) is 0 Å². The number of alkyl halides is 3. The van der Waals surface area contributed by atoms with E-state index in [9.17, 15) is 18.0 Å². The highest BCUT2D eigenvalue weighted by atomic mass is 35.5. The molecule has 0 radical (unpaired) electrons. The zero-order valence-corrected chi connectivity index (χ0v) is 9.72. The SMILES string of the molecule is C[C@H]([C@H](C(N)=O)c1ccc(Cl)cc1)C(F)(F)F. The Morgan fingerprint density at radius 3 is 2.12 bits per heavy atom. The normalized spacial score (nSPS) is 15.4. The molecule has 0 aliphatic rings. The van der Waals surface area contributed by atoms with Crippen molar-refractivity contribution in [3.05, 3.63) is 34.9 Å². The molecule has 6 heteroatoms. The second-order valence-electron chi connectivity index (χ2n) is 3.76. The monoisotopic (exact) mass is 265 g/mol. The number of nitrogens with two attached hydrogens (primary N) is 1. The molecule has 0 bridgehead atoms. The molecular weight excluding hydrogens is 255 g/mol. The summed E-state index contributed by atoms with van der Waals surface area (Å²) in [6.45, 7) is 0.935. The summed E-state index contributed by atoms with van der Waals surface area (Å²) in [6.07, 6.45) is -4.47. The number of hydrogen-bond acceptors (Lipinski definition) is 1. The maximum atomic E-state index is 12.6. The first kappa shape index (κ1) is 13.8. The molecule has 1 amide bonds. The number of hydrogen-bond donors (Lipinski definition) is 1. The molecule has 0 aliphatic heterocycles. The Hall–Kier alpha value is -1.23.